The lowest BCUT2D eigenvalue weighted by atomic mass is 9.89. The van der Waals surface area contributed by atoms with E-state index in [4.69, 9.17) is 4.74 Å². The van der Waals surface area contributed by atoms with Gasteiger partial charge in [0.2, 0.25) is 64.8 Å². The van der Waals surface area contributed by atoms with Gasteiger partial charge < -0.3 is 70.3 Å². The van der Waals surface area contributed by atoms with Gasteiger partial charge >= 0.3 is 0 Å². The molecule has 12 atom stereocenters. The molecule has 0 bridgehead atoms. The number of hydrogen-bond acceptors (Lipinski definition) is 14. The first kappa shape index (κ1) is 84.9. The van der Waals surface area contributed by atoms with Crippen LogP contribution < -0.4 is 21.3 Å². The molecule has 0 saturated carbocycles. The van der Waals surface area contributed by atoms with E-state index in [2.05, 4.69) is 40.0 Å². The van der Waals surface area contributed by atoms with Crippen LogP contribution in [0, 0.1) is 41.4 Å². The van der Waals surface area contributed by atoms with E-state index < -0.39 is 162 Å². The van der Waals surface area contributed by atoms with E-state index in [-0.39, 0.29) is 68.2 Å². The van der Waals surface area contributed by atoms with Crippen molar-refractivity contribution in [3.05, 3.63) is 12.2 Å². The smallest absolute Gasteiger partial charge is 0.276 e. The highest BCUT2D eigenvalue weighted by atomic mass is 16.5. The lowest BCUT2D eigenvalue weighted by molar-refractivity contribution is -0.225. The van der Waals surface area contributed by atoms with E-state index in [1.807, 2.05) is 68.4 Å². The van der Waals surface area contributed by atoms with Gasteiger partial charge in [-0.3, -0.25) is 52.7 Å². The minimum Gasteiger partial charge on any atom is -0.390 e. The van der Waals surface area contributed by atoms with Crippen LogP contribution in [0.1, 0.15) is 183 Å². The molecule has 0 spiro atoms. The molecule has 544 valence electrons. The number of piperidine rings is 1. The van der Waals surface area contributed by atoms with Crippen LogP contribution in [0.15, 0.2) is 12.2 Å². The number of likely N-dealkylation sites (N-methyl/N-ethyl adjacent to an activating group) is 7. The molecular weight excluding hydrogens is 1220 g/mol. The Morgan fingerprint density at radius 1 is 0.537 bits per heavy atom. The van der Waals surface area contributed by atoms with Crippen molar-refractivity contribution in [2.75, 3.05) is 69.0 Å². The van der Waals surface area contributed by atoms with E-state index in [0.29, 0.717) is 25.9 Å². The summed E-state index contributed by atoms with van der Waals surface area (Å²) in [6.45, 7) is 34.8. The van der Waals surface area contributed by atoms with Crippen LogP contribution in [-0.2, 0) is 57.5 Å². The number of carbonyl (C=O) groups excluding carboxylic acids is 11. The van der Waals surface area contributed by atoms with E-state index in [1.165, 1.54) is 87.7 Å². The first-order valence-electron chi connectivity index (χ1n) is 34.7. The van der Waals surface area contributed by atoms with Gasteiger partial charge in [-0.1, -0.05) is 109 Å². The van der Waals surface area contributed by atoms with Crippen molar-refractivity contribution in [3.63, 3.8) is 0 Å². The quantitative estimate of drug-likeness (QED) is 0.118. The maximum Gasteiger partial charge on any atom is 0.276 e. The van der Waals surface area contributed by atoms with Crippen LogP contribution in [0.5, 0.6) is 0 Å². The predicted molar refractivity (Wildman–Crippen MR) is 368 cm³/mol. The molecule has 5 N–H and O–H groups in total. The van der Waals surface area contributed by atoms with Crippen molar-refractivity contribution in [3.8, 4) is 0 Å². The molecular formula is C70H126N12O13. The van der Waals surface area contributed by atoms with E-state index in [0.717, 1.165) is 9.80 Å². The summed E-state index contributed by atoms with van der Waals surface area (Å²) in [6, 6.07) is -11.3. The van der Waals surface area contributed by atoms with Gasteiger partial charge in [-0.25, -0.2) is 0 Å². The highest BCUT2D eigenvalue weighted by molar-refractivity contribution is 6.00. The Bertz CT molecular complexity index is 2620. The highest BCUT2D eigenvalue weighted by Gasteiger charge is 2.56. The highest BCUT2D eigenvalue weighted by Crippen LogP contribution is 2.36. The lowest BCUT2D eigenvalue weighted by Crippen LogP contribution is -2.70. The van der Waals surface area contributed by atoms with Crippen LogP contribution in [0.3, 0.4) is 0 Å². The summed E-state index contributed by atoms with van der Waals surface area (Å²) >= 11 is 0. The Balaban J connectivity index is 3.17. The Kier molecular flexibility index (Phi) is 34.0. The zero-order valence-corrected chi connectivity index (χ0v) is 62.8. The third kappa shape index (κ3) is 22.7. The van der Waals surface area contributed by atoms with E-state index >= 15 is 19.2 Å². The molecule has 2 aliphatic rings. The van der Waals surface area contributed by atoms with Gasteiger partial charge in [0.1, 0.15) is 54.4 Å². The molecule has 0 unspecified atom stereocenters. The molecule has 2 saturated heterocycles. The number of amides is 11. The fourth-order valence-corrected chi connectivity index (χ4v) is 12.6. The summed E-state index contributed by atoms with van der Waals surface area (Å²) in [5.41, 5.74) is -2.22. The van der Waals surface area contributed by atoms with Gasteiger partial charge in [0.25, 0.3) is 5.91 Å². The topological polar surface area (TPSA) is 291 Å². The maximum atomic E-state index is 16.4. The number of nitrogens with one attached hydrogen (secondary N) is 4. The molecule has 0 aliphatic carbocycles. The number of aliphatic hydroxyl groups excluding tert-OH is 1. The summed E-state index contributed by atoms with van der Waals surface area (Å²) in [5.74, 6) is -10.5. The third-order valence-corrected chi connectivity index (χ3v) is 18.9. The summed E-state index contributed by atoms with van der Waals surface area (Å²) in [5, 5.41) is 23.6. The van der Waals surface area contributed by atoms with Gasteiger partial charge in [-0.15, -0.1) is 0 Å². The molecule has 0 aromatic heterocycles. The molecule has 95 heavy (non-hydrogen) atoms. The fraction of sp³-hybridized carbons (Fsp3) is 0.814. The van der Waals surface area contributed by atoms with Gasteiger partial charge in [0, 0.05) is 74.4 Å². The summed E-state index contributed by atoms with van der Waals surface area (Å²) < 4.78 is 7.19. The molecule has 25 heteroatoms. The van der Waals surface area contributed by atoms with E-state index in [1.54, 1.807) is 47.6 Å². The third-order valence-electron chi connectivity index (χ3n) is 18.9. The lowest BCUT2D eigenvalue weighted by Gasteiger charge is -2.50. The number of nitrogens with zero attached hydrogens (tertiary/aromatic N) is 8. The molecule has 0 aromatic carbocycles. The molecule has 2 aliphatic heterocycles. The first-order chi connectivity index (χ1) is 44.0. The standard InChI is InChI=1S/C70H126N12O13/c1-27-29-30-47(17)59(84)58-63(88)73-51(28-2)65(90)75(20)39-56(83)76(21)52(35-40(3)4)62(87)74-57(44(11)12)68(93)77(22)53(36-41(5)6)61(86)71-48(18)60(85)72-49(19)64(89)78(23)54(37-42(7)8)66(91)79(24)55(38-43(9)10)67(92)81(26)70(45(13)14,69(94)80(58)25)95-50-31-33-82(34-32-50)46(15)16/h27,29,40-55,57-59,84H,28,30-39H2,1-26H3,(H,71,86)(H,72,85)(H,73,88)(H,74,87)/b29-27+/t47-,48+,49-,51+,52+,53+,54+,55+,57+,58+,59-,70+/m1/s1. The monoisotopic (exact) mass is 1340 g/mol. The number of aliphatic hydroxyl groups is 1. The number of allylic oxidation sites excluding steroid dienone is 2. The van der Waals surface area contributed by atoms with Crippen LogP contribution in [0.2, 0.25) is 0 Å². The van der Waals surface area contributed by atoms with Crippen LogP contribution >= 0.6 is 0 Å². The van der Waals surface area contributed by atoms with Gasteiger partial charge in [-0.05, 0) is 121 Å². The molecule has 11 amide bonds. The average Bonchev–Trinajstić information content (AvgIpc) is 0.752. The van der Waals surface area contributed by atoms with Crippen molar-refractivity contribution < 1.29 is 62.6 Å². The van der Waals surface area contributed by atoms with Crippen LogP contribution in [0.4, 0.5) is 0 Å². The van der Waals surface area contributed by atoms with Crippen molar-refractivity contribution in [1.82, 2.24) is 60.5 Å². The number of likely N-dealkylation sites (tertiary alicyclic amines) is 1. The minimum atomic E-state index is -2.22. The van der Waals surface area contributed by atoms with Gasteiger partial charge in [-0.2, -0.15) is 0 Å². The second-order valence-electron chi connectivity index (χ2n) is 29.6. The largest absolute Gasteiger partial charge is 0.390 e. The van der Waals surface area contributed by atoms with E-state index in [9.17, 15) is 38.7 Å². The second-order valence-corrected chi connectivity index (χ2v) is 29.6. The molecule has 25 nitrogen and oxygen atoms in total. The number of carbonyl (C=O) groups is 11. The molecule has 0 aromatic rings. The van der Waals surface area contributed by atoms with Gasteiger partial charge in [0.15, 0.2) is 0 Å². The Morgan fingerprint density at radius 3 is 1.45 bits per heavy atom. The molecule has 0 radical (unpaired) electrons. The average molecular weight is 1340 g/mol. The molecule has 2 fully saturated rings. The summed E-state index contributed by atoms with van der Waals surface area (Å²) in [7, 11) is 9.95. The summed E-state index contributed by atoms with van der Waals surface area (Å²) in [4.78, 5) is 175. The Hall–Kier alpha value is -6.21. The summed E-state index contributed by atoms with van der Waals surface area (Å²) in [6.07, 6.45) is 3.12. The Morgan fingerprint density at radius 2 is 0.989 bits per heavy atom. The molecule has 2 rings (SSSR count). The predicted octanol–water partition coefficient (Wildman–Crippen LogP) is 4.49. The van der Waals surface area contributed by atoms with Crippen LogP contribution in [-0.4, -0.2) is 257 Å². The van der Waals surface area contributed by atoms with Crippen molar-refractivity contribution in [2.45, 2.75) is 261 Å². The first-order valence-corrected chi connectivity index (χ1v) is 34.7. The number of hydrogen-bond donors (Lipinski definition) is 5. The second kappa shape index (κ2) is 38.1. The van der Waals surface area contributed by atoms with Crippen molar-refractivity contribution in [1.29, 1.82) is 0 Å². The van der Waals surface area contributed by atoms with Crippen LogP contribution in [0.25, 0.3) is 0 Å². The zero-order chi connectivity index (χ0) is 73.2. The van der Waals surface area contributed by atoms with Crippen molar-refractivity contribution in [2.24, 2.45) is 41.4 Å². The number of rotatable bonds is 18. The maximum absolute atomic E-state index is 16.4. The normalized spacial score (nSPS) is 27.6. The molecule has 2 heterocycles. The zero-order valence-electron chi connectivity index (χ0n) is 62.8. The SMILES string of the molecule is C/C=C/C[C@@H](C)[C@@H](O)[C@H]1C(=O)N[C@@H](CC)C(=O)N(C)CC(=O)N(C)[C@@H](CC(C)C)C(=O)N[C@@H](C(C)C)C(=O)N(C)[C@@H](CC(C)C)C(=O)N[C@@H](C)C(=O)N[C@H](C)C(=O)N(C)[C@@H](CC(C)C)C(=O)N(C)[C@@H](CC(C)C)C(=O)N(C)[C@](OC2CCN(C(C)C)CC2)(C(C)C)C(=O)N1C. The van der Waals surface area contributed by atoms with Crippen molar-refractivity contribution >= 4 is 65.0 Å². The number of ether oxygens (including phenoxy) is 1. The minimum absolute atomic E-state index is 0.00540. The fourth-order valence-electron chi connectivity index (χ4n) is 12.6. The Labute approximate surface area is 569 Å². The van der Waals surface area contributed by atoms with Gasteiger partial charge in [0.05, 0.1) is 18.8 Å².